The lowest BCUT2D eigenvalue weighted by atomic mass is 9.88. The van der Waals surface area contributed by atoms with Crippen LogP contribution >= 0.6 is 0 Å². The highest BCUT2D eigenvalue weighted by Gasteiger charge is 2.53. The first-order valence-electron chi connectivity index (χ1n) is 17.1. The molecular formula is C32H61N3O9. The summed E-state index contributed by atoms with van der Waals surface area (Å²) in [6.07, 6.45) is 9.24. The van der Waals surface area contributed by atoms with Gasteiger partial charge in [0.05, 0.1) is 32.0 Å². The highest BCUT2D eigenvalue weighted by atomic mass is 16.6. The van der Waals surface area contributed by atoms with E-state index in [1.54, 1.807) is 0 Å². The van der Waals surface area contributed by atoms with Crippen molar-refractivity contribution >= 4 is 11.8 Å². The molecule has 2 amide bonds. The topological polar surface area (TPSA) is 181 Å². The van der Waals surface area contributed by atoms with Gasteiger partial charge in [-0.1, -0.05) is 84.0 Å². The maximum absolute atomic E-state index is 12.9. The Balaban J connectivity index is 1.75. The quantitative estimate of drug-likeness (QED) is 0.0814. The summed E-state index contributed by atoms with van der Waals surface area (Å²) in [5, 5.41) is 57.3. The van der Waals surface area contributed by atoms with E-state index in [2.05, 4.69) is 22.5 Å². The molecule has 1 unspecified atom stereocenters. The summed E-state index contributed by atoms with van der Waals surface area (Å²) in [7, 11) is 0. The fourth-order valence-electron chi connectivity index (χ4n) is 5.94. The van der Waals surface area contributed by atoms with Gasteiger partial charge in [-0.15, -0.1) is 0 Å². The molecule has 6 atom stereocenters. The number of ether oxygens (including phenoxy) is 2. The first kappa shape index (κ1) is 38.8. The molecule has 0 saturated carbocycles. The molecule has 0 aromatic rings. The van der Waals surface area contributed by atoms with Crippen LogP contribution in [-0.2, 0) is 19.1 Å². The average molecular weight is 632 g/mol. The van der Waals surface area contributed by atoms with E-state index in [9.17, 15) is 35.1 Å². The predicted molar refractivity (Wildman–Crippen MR) is 167 cm³/mol. The molecule has 7 N–H and O–H groups in total. The zero-order chi connectivity index (χ0) is 32.2. The lowest BCUT2D eigenvalue weighted by molar-refractivity contribution is -0.287. The number of aliphatic hydroxyl groups excluding tert-OH is 4. The van der Waals surface area contributed by atoms with Gasteiger partial charge in [-0.2, -0.15) is 0 Å². The van der Waals surface area contributed by atoms with Crippen molar-refractivity contribution < 1.29 is 44.6 Å². The molecule has 2 aliphatic rings. The lowest BCUT2D eigenvalue weighted by Gasteiger charge is -2.45. The van der Waals surface area contributed by atoms with E-state index in [1.807, 2.05) is 0 Å². The predicted octanol–water partition coefficient (Wildman–Crippen LogP) is 1.34. The minimum Gasteiger partial charge on any atom is -0.394 e. The summed E-state index contributed by atoms with van der Waals surface area (Å²) in [4.78, 5) is 27.8. The fourth-order valence-corrected chi connectivity index (χ4v) is 5.94. The van der Waals surface area contributed by atoms with Crippen molar-refractivity contribution in [2.75, 3.05) is 46.0 Å². The SMILES string of the molecule is CCCCCCCCCCCCCCCC(=O)N[C@H]1[C@H]([C@H](O)[C@H](O)CO)OC(O)(C(=O)NCCCN2CCOCC2)C[C@@H]1O. The van der Waals surface area contributed by atoms with Crippen LogP contribution < -0.4 is 10.6 Å². The molecule has 0 aromatic carbocycles. The molecule has 0 radical (unpaired) electrons. The highest BCUT2D eigenvalue weighted by molar-refractivity contribution is 5.83. The van der Waals surface area contributed by atoms with Crippen LogP contribution in [0.25, 0.3) is 0 Å². The summed E-state index contributed by atoms with van der Waals surface area (Å²) in [6.45, 7) is 5.36. The fraction of sp³-hybridized carbons (Fsp3) is 0.938. The molecule has 2 rings (SSSR count). The van der Waals surface area contributed by atoms with Gasteiger partial charge in [0.1, 0.15) is 18.3 Å². The van der Waals surface area contributed by atoms with E-state index in [0.717, 1.165) is 38.9 Å². The Labute approximate surface area is 263 Å². The molecule has 2 saturated heterocycles. The van der Waals surface area contributed by atoms with Crippen molar-refractivity contribution in [1.29, 1.82) is 0 Å². The number of hydrogen-bond acceptors (Lipinski definition) is 10. The summed E-state index contributed by atoms with van der Waals surface area (Å²) >= 11 is 0. The van der Waals surface area contributed by atoms with E-state index >= 15 is 0 Å². The van der Waals surface area contributed by atoms with Gasteiger partial charge >= 0.3 is 0 Å². The molecule has 2 fully saturated rings. The molecule has 0 bridgehead atoms. The van der Waals surface area contributed by atoms with Gasteiger partial charge in [-0.25, -0.2) is 0 Å². The van der Waals surface area contributed by atoms with E-state index in [0.29, 0.717) is 26.1 Å². The summed E-state index contributed by atoms with van der Waals surface area (Å²) in [5.41, 5.74) is 0. The molecule has 2 heterocycles. The standard InChI is InChI=1S/C32H61N3O9/c1-2-3-4-5-6-7-8-9-10-11-12-13-14-16-27(39)34-28-25(37)23-32(42,44-30(28)29(40)26(38)24-36)31(41)33-17-15-18-35-19-21-43-22-20-35/h25-26,28-30,36-38,40,42H,2-24H2,1H3,(H,33,41)(H,34,39)/t25-,26+,28+,29+,30+,32?/m0/s1. The number of hydrogen-bond donors (Lipinski definition) is 7. The minimum atomic E-state index is -2.49. The van der Waals surface area contributed by atoms with Crippen molar-refractivity contribution in [3.8, 4) is 0 Å². The van der Waals surface area contributed by atoms with Gasteiger partial charge in [-0.05, 0) is 19.4 Å². The summed E-state index contributed by atoms with van der Waals surface area (Å²) in [6, 6.07) is -1.20. The van der Waals surface area contributed by atoms with Crippen LogP contribution in [0.5, 0.6) is 0 Å². The number of morpholine rings is 1. The smallest absolute Gasteiger partial charge is 0.280 e. The Morgan fingerprint density at radius 1 is 0.909 bits per heavy atom. The maximum atomic E-state index is 12.9. The molecule has 0 aromatic heterocycles. The van der Waals surface area contributed by atoms with E-state index < -0.39 is 55.2 Å². The van der Waals surface area contributed by atoms with Crippen molar-refractivity contribution in [2.24, 2.45) is 0 Å². The van der Waals surface area contributed by atoms with Gasteiger partial charge < -0.3 is 45.6 Å². The summed E-state index contributed by atoms with van der Waals surface area (Å²) < 4.78 is 10.9. The van der Waals surface area contributed by atoms with Gasteiger partial charge in [0.15, 0.2) is 0 Å². The Hall–Kier alpha value is -1.38. The maximum Gasteiger partial charge on any atom is 0.280 e. The Bertz CT molecular complexity index is 786. The Morgan fingerprint density at radius 3 is 2.05 bits per heavy atom. The average Bonchev–Trinajstić information content (AvgIpc) is 3.02. The van der Waals surface area contributed by atoms with Crippen LogP contribution in [0.15, 0.2) is 0 Å². The van der Waals surface area contributed by atoms with Crippen LogP contribution in [0.3, 0.4) is 0 Å². The molecule has 44 heavy (non-hydrogen) atoms. The van der Waals surface area contributed by atoms with Gasteiger partial charge in [0, 0.05) is 32.5 Å². The number of unbranched alkanes of at least 4 members (excludes halogenated alkanes) is 12. The number of nitrogens with one attached hydrogen (secondary N) is 2. The Morgan fingerprint density at radius 2 is 1.48 bits per heavy atom. The van der Waals surface area contributed by atoms with Gasteiger partial charge in [0.25, 0.3) is 5.91 Å². The van der Waals surface area contributed by atoms with E-state index in [1.165, 1.54) is 57.8 Å². The third-order valence-corrected chi connectivity index (χ3v) is 8.73. The number of amides is 2. The molecule has 2 aliphatic heterocycles. The molecular weight excluding hydrogens is 570 g/mol. The van der Waals surface area contributed by atoms with Gasteiger partial charge in [-0.3, -0.25) is 14.5 Å². The molecule has 0 aliphatic carbocycles. The van der Waals surface area contributed by atoms with Crippen molar-refractivity contribution in [1.82, 2.24) is 15.5 Å². The number of nitrogens with zero attached hydrogens (tertiary/aromatic N) is 1. The third kappa shape index (κ3) is 14.4. The second-order valence-electron chi connectivity index (χ2n) is 12.5. The number of carbonyl (C=O) groups is 2. The normalized spacial score (nSPS) is 25.8. The monoisotopic (exact) mass is 631 g/mol. The largest absolute Gasteiger partial charge is 0.394 e. The zero-order valence-corrected chi connectivity index (χ0v) is 27.0. The van der Waals surface area contributed by atoms with E-state index in [4.69, 9.17) is 9.47 Å². The lowest BCUT2D eigenvalue weighted by Crippen LogP contribution is -2.68. The van der Waals surface area contributed by atoms with Crippen LogP contribution in [0.1, 0.15) is 110 Å². The van der Waals surface area contributed by atoms with Crippen molar-refractivity contribution in [3.05, 3.63) is 0 Å². The van der Waals surface area contributed by atoms with Crippen LogP contribution in [-0.4, -0.2) is 124 Å². The first-order valence-corrected chi connectivity index (χ1v) is 17.1. The molecule has 12 heteroatoms. The molecule has 0 spiro atoms. The molecule has 258 valence electrons. The summed E-state index contributed by atoms with van der Waals surface area (Å²) in [5.74, 6) is -3.74. The Kier molecular flexibility index (Phi) is 19.6. The second kappa shape index (κ2) is 22.2. The number of aliphatic hydroxyl groups is 5. The first-order chi connectivity index (χ1) is 21.2. The van der Waals surface area contributed by atoms with Crippen LogP contribution in [0.2, 0.25) is 0 Å². The third-order valence-electron chi connectivity index (χ3n) is 8.73. The van der Waals surface area contributed by atoms with Crippen molar-refractivity contribution in [3.63, 3.8) is 0 Å². The van der Waals surface area contributed by atoms with Crippen molar-refractivity contribution in [2.45, 2.75) is 146 Å². The minimum absolute atomic E-state index is 0.209. The highest BCUT2D eigenvalue weighted by Crippen LogP contribution is 2.31. The van der Waals surface area contributed by atoms with Gasteiger partial charge in [0.2, 0.25) is 11.7 Å². The van der Waals surface area contributed by atoms with Crippen LogP contribution in [0, 0.1) is 0 Å². The van der Waals surface area contributed by atoms with E-state index in [-0.39, 0.29) is 18.9 Å². The second-order valence-corrected chi connectivity index (χ2v) is 12.5. The van der Waals surface area contributed by atoms with Crippen LogP contribution in [0.4, 0.5) is 0 Å². The molecule has 12 nitrogen and oxygen atoms in total. The zero-order valence-electron chi connectivity index (χ0n) is 27.0. The number of rotatable bonds is 23. The number of carbonyl (C=O) groups excluding carboxylic acids is 2.